The normalized spacial score (nSPS) is 19.4. The molecule has 2 fully saturated rings. The fraction of sp³-hybridized carbons (Fsp3) is 0.500. The van der Waals surface area contributed by atoms with Gasteiger partial charge in [0, 0.05) is 58.4 Å². The molecule has 1 aromatic heterocycles. The molecule has 0 radical (unpaired) electrons. The number of benzene rings is 1. The minimum atomic E-state index is -0.0479. The average molecular weight is 425 g/mol. The van der Waals surface area contributed by atoms with Gasteiger partial charge in [-0.25, -0.2) is 0 Å². The molecule has 31 heavy (non-hydrogen) atoms. The maximum absolute atomic E-state index is 12.5. The van der Waals surface area contributed by atoms with Gasteiger partial charge in [0.2, 0.25) is 0 Å². The standard InChI is InChI=1S/C24H32N4O3/c1-19-6-3-4-7-20(19)24(9-16-30-17-10-24)18-26-23(25-2)28-13-11-27(12-14-28)22(29)21-8-5-15-31-21/h3-8,15H,9-14,16-18H2,1-2H3,(H,25,26). The summed E-state index contributed by atoms with van der Waals surface area (Å²) in [7, 11) is 1.83. The Morgan fingerprint density at radius 1 is 1.06 bits per heavy atom. The number of ether oxygens (including phenoxy) is 1. The van der Waals surface area contributed by atoms with E-state index in [4.69, 9.17) is 9.15 Å². The summed E-state index contributed by atoms with van der Waals surface area (Å²) in [6.07, 6.45) is 3.52. The molecule has 0 spiro atoms. The molecule has 3 heterocycles. The summed E-state index contributed by atoms with van der Waals surface area (Å²) in [4.78, 5) is 21.1. The second kappa shape index (κ2) is 9.56. The van der Waals surface area contributed by atoms with Gasteiger partial charge in [-0.2, -0.15) is 0 Å². The molecule has 4 rings (SSSR count). The first-order valence-electron chi connectivity index (χ1n) is 11.1. The van der Waals surface area contributed by atoms with Crippen molar-refractivity contribution >= 4 is 11.9 Å². The molecule has 0 bridgehead atoms. The van der Waals surface area contributed by atoms with Crippen LogP contribution in [0.4, 0.5) is 0 Å². The second-order valence-corrected chi connectivity index (χ2v) is 8.36. The molecule has 1 N–H and O–H groups in total. The van der Waals surface area contributed by atoms with Gasteiger partial charge in [-0.15, -0.1) is 0 Å². The van der Waals surface area contributed by atoms with Gasteiger partial charge in [0.25, 0.3) is 5.91 Å². The van der Waals surface area contributed by atoms with Crippen molar-refractivity contribution < 1.29 is 13.9 Å². The summed E-state index contributed by atoms with van der Waals surface area (Å²) >= 11 is 0. The van der Waals surface area contributed by atoms with Crippen molar-refractivity contribution in [3.05, 3.63) is 59.5 Å². The zero-order valence-corrected chi connectivity index (χ0v) is 18.5. The van der Waals surface area contributed by atoms with Crippen LogP contribution in [0, 0.1) is 6.92 Å². The molecule has 2 aromatic rings. The fourth-order valence-corrected chi connectivity index (χ4v) is 4.73. The van der Waals surface area contributed by atoms with E-state index in [9.17, 15) is 4.79 Å². The molecule has 7 heteroatoms. The number of carbonyl (C=O) groups excluding carboxylic acids is 1. The number of hydrogen-bond acceptors (Lipinski definition) is 4. The smallest absolute Gasteiger partial charge is 0.289 e. The number of hydrogen-bond donors (Lipinski definition) is 1. The number of aryl methyl sites for hydroxylation is 1. The van der Waals surface area contributed by atoms with E-state index in [0.29, 0.717) is 18.8 Å². The zero-order valence-electron chi connectivity index (χ0n) is 18.5. The third kappa shape index (κ3) is 4.61. The van der Waals surface area contributed by atoms with Crippen LogP contribution in [0.5, 0.6) is 0 Å². The summed E-state index contributed by atoms with van der Waals surface area (Å²) < 4.78 is 10.9. The lowest BCUT2D eigenvalue weighted by molar-refractivity contribution is 0.0507. The largest absolute Gasteiger partial charge is 0.459 e. The van der Waals surface area contributed by atoms with Crippen LogP contribution in [0.1, 0.15) is 34.5 Å². The summed E-state index contributed by atoms with van der Waals surface area (Å²) in [6.45, 7) is 7.35. The van der Waals surface area contributed by atoms with Gasteiger partial charge in [-0.3, -0.25) is 9.79 Å². The van der Waals surface area contributed by atoms with Crippen LogP contribution < -0.4 is 5.32 Å². The molecule has 7 nitrogen and oxygen atoms in total. The summed E-state index contributed by atoms with van der Waals surface area (Å²) in [5.74, 6) is 1.24. The van der Waals surface area contributed by atoms with Crippen LogP contribution >= 0.6 is 0 Å². The quantitative estimate of drug-likeness (QED) is 0.604. The molecule has 0 aliphatic carbocycles. The Morgan fingerprint density at radius 2 is 1.77 bits per heavy atom. The summed E-state index contributed by atoms with van der Waals surface area (Å²) in [5, 5.41) is 3.65. The van der Waals surface area contributed by atoms with Crippen molar-refractivity contribution in [1.82, 2.24) is 15.1 Å². The van der Waals surface area contributed by atoms with E-state index in [2.05, 4.69) is 46.4 Å². The third-order valence-corrected chi connectivity index (χ3v) is 6.56. The number of guanidine groups is 1. The maximum Gasteiger partial charge on any atom is 0.289 e. The van der Waals surface area contributed by atoms with Crippen molar-refractivity contribution in [3.63, 3.8) is 0 Å². The van der Waals surface area contributed by atoms with E-state index >= 15 is 0 Å². The van der Waals surface area contributed by atoms with Gasteiger partial charge in [-0.1, -0.05) is 24.3 Å². The van der Waals surface area contributed by atoms with Gasteiger partial charge in [-0.05, 0) is 43.0 Å². The lowest BCUT2D eigenvalue weighted by Crippen LogP contribution is -2.55. The molecule has 1 amide bonds. The van der Waals surface area contributed by atoms with Crippen molar-refractivity contribution in [2.45, 2.75) is 25.2 Å². The van der Waals surface area contributed by atoms with E-state index in [1.165, 1.54) is 17.4 Å². The lowest BCUT2D eigenvalue weighted by Gasteiger charge is -2.41. The maximum atomic E-state index is 12.5. The predicted octanol–water partition coefficient (Wildman–Crippen LogP) is 2.67. The van der Waals surface area contributed by atoms with Gasteiger partial charge < -0.3 is 24.3 Å². The molecule has 0 atom stereocenters. The first-order valence-corrected chi connectivity index (χ1v) is 11.1. The van der Waals surface area contributed by atoms with Crippen molar-refractivity contribution in [2.24, 2.45) is 4.99 Å². The average Bonchev–Trinajstić information content (AvgIpc) is 3.35. The second-order valence-electron chi connectivity index (χ2n) is 8.36. The lowest BCUT2D eigenvalue weighted by atomic mass is 9.72. The van der Waals surface area contributed by atoms with Gasteiger partial charge in [0.1, 0.15) is 0 Å². The highest BCUT2D eigenvalue weighted by molar-refractivity contribution is 5.91. The topological polar surface area (TPSA) is 70.3 Å². The van der Waals surface area contributed by atoms with E-state index in [1.807, 2.05) is 11.9 Å². The Balaban J connectivity index is 1.40. The third-order valence-electron chi connectivity index (χ3n) is 6.56. The van der Waals surface area contributed by atoms with Crippen molar-refractivity contribution in [2.75, 3.05) is 53.0 Å². The molecule has 2 aliphatic heterocycles. The van der Waals surface area contributed by atoms with Crippen LogP contribution in [-0.4, -0.2) is 74.7 Å². The number of amides is 1. The van der Waals surface area contributed by atoms with Crippen LogP contribution in [0.2, 0.25) is 0 Å². The Morgan fingerprint density at radius 3 is 2.42 bits per heavy atom. The minimum absolute atomic E-state index is 0.0383. The number of rotatable bonds is 4. The number of furan rings is 1. The first-order chi connectivity index (χ1) is 15.1. The fourth-order valence-electron chi connectivity index (χ4n) is 4.73. The molecular formula is C24H32N4O3. The van der Waals surface area contributed by atoms with E-state index in [0.717, 1.165) is 51.6 Å². The van der Waals surface area contributed by atoms with E-state index < -0.39 is 0 Å². The van der Waals surface area contributed by atoms with Gasteiger partial charge in [0.15, 0.2) is 11.7 Å². The molecule has 0 saturated carbocycles. The number of nitrogens with one attached hydrogen (secondary N) is 1. The molecule has 1 aromatic carbocycles. The highest BCUT2D eigenvalue weighted by Gasteiger charge is 2.36. The Labute approximate surface area is 184 Å². The first kappa shape index (κ1) is 21.4. The number of piperazine rings is 1. The molecular weight excluding hydrogens is 392 g/mol. The minimum Gasteiger partial charge on any atom is -0.459 e. The van der Waals surface area contributed by atoms with Crippen LogP contribution in [0.15, 0.2) is 52.1 Å². The highest BCUT2D eigenvalue weighted by Crippen LogP contribution is 2.36. The predicted molar refractivity (Wildman–Crippen MR) is 120 cm³/mol. The van der Waals surface area contributed by atoms with Crippen LogP contribution in [0.3, 0.4) is 0 Å². The molecule has 0 unspecified atom stereocenters. The number of nitrogens with zero attached hydrogens (tertiary/aromatic N) is 3. The number of carbonyl (C=O) groups is 1. The Hall–Kier alpha value is -2.80. The monoisotopic (exact) mass is 424 g/mol. The van der Waals surface area contributed by atoms with E-state index in [1.54, 1.807) is 12.1 Å². The summed E-state index contributed by atoms with van der Waals surface area (Å²) in [6, 6.07) is 12.1. The summed E-state index contributed by atoms with van der Waals surface area (Å²) in [5.41, 5.74) is 2.76. The molecule has 2 saturated heterocycles. The molecule has 2 aliphatic rings. The van der Waals surface area contributed by atoms with Crippen molar-refractivity contribution in [3.8, 4) is 0 Å². The molecule has 166 valence electrons. The highest BCUT2D eigenvalue weighted by atomic mass is 16.5. The van der Waals surface area contributed by atoms with Crippen LogP contribution in [-0.2, 0) is 10.2 Å². The zero-order chi connectivity index (χ0) is 21.7. The number of aliphatic imine (C=N–C) groups is 1. The SMILES string of the molecule is CN=C(NCC1(c2ccccc2C)CCOCC1)N1CCN(C(=O)c2ccco2)CC1. The Bertz CT molecular complexity index is 895. The van der Waals surface area contributed by atoms with Gasteiger partial charge in [0.05, 0.1) is 6.26 Å². The Kier molecular flexibility index (Phi) is 6.61. The van der Waals surface area contributed by atoms with Crippen molar-refractivity contribution in [1.29, 1.82) is 0 Å². The van der Waals surface area contributed by atoms with E-state index in [-0.39, 0.29) is 11.3 Å². The van der Waals surface area contributed by atoms with Crippen LogP contribution in [0.25, 0.3) is 0 Å². The van der Waals surface area contributed by atoms with Gasteiger partial charge >= 0.3 is 0 Å².